The van der Waals surface area contributed by atoms with E-state index in [0.717, 1.165) is 32.4 Å². The molecule has 1 aliphatic rings. The molecule has 0 aromatic carbocycles. The number of halogens is 1. The summed E-state index contributed by atoms with van der Waals surface area (Å²) in [5.74, 6) is 0.493. The largest absolute Gasteiger partial charge is 0.317 e. The van der Waals surface area contributed by atoms with Gasteiger partial charge in [-0.15, -0.1) is 0 Å². The van der Waals surface area contributed by atoms with Crippen LogP contribution in [0.25, 0.3) is 0 Å². The second kappa shape index (κ2) is 5.63. The average Bonchev–Trinajstić information content (AvgIpc) is 2.39. The fourth-order valence-electron chi connectivity index (χ4n) is 2.30. The normalized spacial score (nSPS) is 18.3. The Bertz CT molecular complexity index is 432. The van der Waals surface area contributed by atoms with Crippen LogP contribution in [-0.2, 0) is 4.79 Å². The first kappa shape index (κ1) is 13.2. The zero-order valence-corrected chi connectivity index (χ0v) is 11.1. The van der Waals surface area contributed by atoms with E-state index in [0.29, 0.717) is 11.0 Å². The summed E-state index contributed by atoms with van der Waals surface area (Å²) in [6.45, 7) is 3.81. The van der Waals surface area contributed by atoms with Crippen molar-refractivity contribution in [1.29, 1.82) is 0 Å². The Morgan fingerprint density at radius 3 is 2.83 bits per heavy atom. The number of aromatic nitrogens is 2. The van der Waals surface area contributed by atoms with Crippen LogP contribution in [0.4, 0.5) is 5.82 Å². The number of piperidine rings is 1. The van der Waals surface area contributed by atoms with Gasteiger partial charge < -0.3 is 10.6 Å². The molecule has 0 aliphatic carbocycles. The molecule has 0 bridgehead atoms. The van der Waals surface area contributed by atoms with Crippen molar-refractivity contribution in [2.45, 2.75) is 26.2 Å². The van der Waals surface area contributed by atoms with Crippen LogP contribution in [0.3, 0.4) is 0 Å². The van der Waals surface area contributed by atoms with E-state index < -0.39 is 0 Å². The second-order valence-electron chi connectivity index (χ2n) is 4.56. The molecule has 5 nitrogen and oxygen atoms in total. The quantitative estimate of drug-likeness (QED) is 0.821. The number of nitrogens with one attached hydrogen (secondary N) is 2. The van der Waals surface area contributed by atoms with E-state index in [4.69, 9.17) is 11.6 Å². The number of nitrogens with zero attached hydrogens (tertiary/aromatic N) is 2. The van der Waals surface area contributed by atoms with Crippen LogP contribution in [0, 0.1) is 5.41 Å². The zero-order valence-electron chi connectivity index (χ0n) is 10.4. The zero-order chi connectivity index (χ0) is 13.0. The van der Waals surface area contributed by atoms with Gasteiger partial charge in [0.25, 0.3) is 0 Å². The van der Waals surface area contributed by atoms with Gasteiger partial charge >= 0.3 is 0 Å². The van der Waals surface area contributed by atoms with Gasteiger partial charge in [-0.3, -0.25) is 4.79 Å². The lowest BCUT2D eigenvalue weighted by Gasteiger charge is -2.35. The Kier molecular flexibility index (Phi) is 4.14. The minimum atomic E-state index is -0.289. The third-order valence-electron chi connectivity index (χ3n) is 3.59. The molecule has 1 aliphatic heterocycles. The smallest absolute Gasteiger partial charge is 0.231 e. The van der Waals surface area contributed by atoms with Crippen LogP contribution in [0.2, 0.25) is 5.15 Å². The van der Waals surface area contributed by atoms with Crippen molar-refractivity contribution in [3.63, 3.8) is 0 Å². The maximum absolute atomic E-state index is 12.4. The number of hydrogen-bond acceptors (Lipinski definition) is 4. The number of hydrogen-bond donors (Lipinski definition) is 2. The van der Waals surface area contributed by atoms with Crippen LogP contribution in [0.1, 0.15) is 26.2 Å². The summed E-state index contributed by atoms with van der Waals surface area (Å²) in [4.78, 5) is 20.2. The Hall–Kier alpha value is -1.20. The molecule has 1 fully saturated rings. The summed E-state index contributed by atoms with van der Waals surface area (Å²) < 4.78 is 0. The van der Waals surface area contributed by atoms with Crippen LogP contribution in [-0.4, -0.2) is 29.0 Å². The van der Waals surface area contributed by atoms with Gasteiger partial charge in [-0.25, -0.2) is 9.97 Å². The van der Waals surface area contributed by atoms with Crippen molar-refractivity contribution in [3.8, 4) is 0 Å². The summed E-state index contributed by atoms with van der Waals surface area (Å²) in [6.07, 6.45) is 3.89. The standard InChI is InChI=1S/C12H17ClN4O/c1-2-12(3-5-14-6-4-12)11(18)17-10-7-9(13)15-8-16-10/h7-8,14H,2-6H2,1H3,(H,15,16,17,18). The van der Waals surface area contributed by atoms with Gasteiger partial charge in [0.05, 0.1) is 5.41 Å². The lowest BCUT2D eigenvalue weighted by Crippen LogP contribution is -2.44. The number of carbonyl (C=O) groups is 1. The van der Waals surface area contributed by atoms with Gasteiger partial charge in [-0.05, 0) is 32.4 Å². The molecule has 6 heteroatoms. The summed E-state index contributed by atoms with van der Waals surface area (Å²) in [5.41, 5.74) is -0.289. The monoisotopic (exact) mass is 268 g/mol. The van der Waals surface area contributed by atoms with E-state index in [1.165, 1.54) is 6.33 Å². The number of amides is 1. The first-order valence-electron chi connectivity index (χ1n) is 6.16. The Morgan fingerprint density at radius 2 is 2.22 bits per heavy atom. The van der Waals surface area contributed by atoms with E-state index in [2.05, 4.69) is 27.5 Å². The summed E-state index contributed by atoms with van der Waals surface area (Å²) in [5, 5.41) is 6.45. The molecule has 0 spiro atoms. The van der Waals surface area contributed by atoms with Gasteiger partial charge in [-0.1, -0.05) is 18.5 Å². The van der Waals surface area contributed by atoms with Crippen LogP contribution in [0.5, 0.6) is 0 Å². The first-order chi connectivity index (χ1) is 8.66. The molecule has 1 aromatic rings. The van der Waals surface area contributed by atoms with Crippen molar-refractivity contribution in [1.82, 2.24) is 15.3 Å². The van der Waals surface area contributed by atoms with E-state index >= 15 is 0 Å². The Morgan fingerprint density at radius 1 is 1.50 bits per heavy atom. The molecule has 0 atom stereocenters. The van der Waals surface area contributed by atoms with Crippen molar-refractivity contribution in [2.75, 3.05) is 18.4 Å². The number of carbonyl (C=O) groups excluding carboxylic acids is 1. The highest BCUT2D eigenvalue weighted by molar-refractivity contribution is 6.29. The highest BCUT2D eigenvalue weighted by atomic mass is 35.5. The summed E-state index contributed by atoms with van der Waals surface area (Å²) in [6, 6.07) is 1.56. The highest BCUT2D eigenvalue weighted by Crippen LogP contribution is 2.33. The molecule has 0 radical (unpaired) electrons. The summed E-state index contributed by atoms with van der Waals surface area (Å²) in [7, 11) is 0. The van der Waals surface area contributed by atoms with Crippen molar-refractivity contribution < 1.29 is 4.79 Å². The highest BCUT2D eigenvalue weighted by Gasteiger charge is 2.37. The molecular formula is C12H17ClN4O. The second-order valence-corrected chi connectivity index (χ2v) is 4.95. The van der Waals surface area contributed by atoms with E-state index in [9.17, 15) is 4.79 Å². The molecule has 1 amide bonds. The predicted octanol–water partition coefficient (Wildman–Crippen LogP) is 1.85. The topological polar surface area (TPSA) is 66.9 Å². The lowest BCUT2D eigenvalue weighted by molar-refractivity contribution is -0.127. The van der Waals surface area contributed by atoms with Crippen molar-refractivity contribution in [2.24, 2.45) is 5.41 Å². The molecule has 2 rings (SSSR count). The van der Waals surface area contributed by atoms with Crippen molar-refractivity contribution in [3.05, 3.63) is 17.5 Å². The van der Waals surface area contributed by atoms with E-state index in [1.807, 2.05) is 0 Å². The molecular weight excluding hydrogens is 252 g/mol. The molecule has 98 valence electrons. The first-order valence-corrected chi connectivity index (χ1v) is 6.54. The average molecular weight is 269 g/mol. The van der Waals surface area contributed by atoms with Gasteiger partial charge in [0.2, 0.25) is 5.91 Å². The fraction of sp³-hybridized carbons (Fsp3) is 0.583. The van der Waals surface area contributed by atoms with Gasteiger partial charge in [0, 0.05) is 6.07 Å². The lowest BCUT2D eigenvalue weighted by atomic mass is 9.76. The minimum absolute atomic E-state index is 0.0290. The SMILES string of the molecule is CCC1(C(=O)Nc2cc(Cl)ncn2)CCNCC1. The maximum Gasteiger partial charge on any atom is 0.231 e. The van der Waals surface area contributed by atoms with Crippen LogP contribution >= 0.6 is 11.6 Å². The van der Waals surface area contributed by atoms with Gasteiger partial charge in [-0.2, -0.15) is 0 Å². The number of anilines is 1. The Balaban J connectivity index is 2.10. The third-order valence-corrected chi connectivity index (χ3v) is 3.80. The molecule has 2 heterocycles. The van der Waals surface area contributed by atoms with Gasteiger partial charge in [0.15, 0.2) is 0 Å². The molecule has 1 aromatic heterocycles. The molecule has 18 heavy (non-hydrogen) atoms. The van der Waals surface area contributed by atoms with E-state index in [1.54, 1.807) is 6.07 Å². The molecule has 0 unspecified atom stereocenters. The third kappa shape index (κ3) is 2.79. The summed E-state index contributed by atoms with van der Waals surface area (Å²) >= 11 is 5.77. The predicted molar refractivity (Wildman–Crippen MR) is 70.5 cm³/mol. The van der Waals surface area contributed by atoms with Crippen LogP contribution in [0.15, 0.2) is 12.4 Å². The van der Waals surface area contributed by atoms with Crippen LogP contribution < -0.4 is 10.6 Å². The Labute approximate surface area is 111 Å². The molecule has 0 saturated carbocycles. The maximum atomic E-state index is 12.4. The molecule has 2 N–H and O–H groups in total. The number of rotatable bonds is 3. The minimum Gasteiger partial charge on any atom is -0.317 e. The molecule has 1 saturated heterocycles. The fourth-order valence-corrected chi connectivity index (χ4v) is 2.44. The van der Waals surface area contributed by atoms with Crippen molar-refractivity contribution >= 4 is 23.3 Å². The van der Waals surface area contributed by atoms with E-state index in [-0.39, 0.29) is 11.3 Å². The van der Waals surface area contributed by atoms with Gasteiger partial charge in [0.1, 0.15) is 17.3 Å².